The highest BCUT2D eigenvalue weighted by molar-refractivity contribution is 5.95. The van der Waals surface area contributed by atoms with Gasteiger partial charge in [-0.15, -0.1) is 0 Å². The maximum atomic E-state index is 12.2. The van der Waals surface area contributed by atoms with Gasteiger partial charge in [-0.25, -0.2) is 9.59 Å². The third kappa shape index (κ3) is 2.94. The molecule has 1 aliphatic rings. The predicted octanol–water partition coefficient (Wildman–Crippen LogP) is 1.85. The number of allylic oxidation sites excluding steroid dienone is 1. The Morgan fingerprint density at radius 2 is 1.91 bits per heavy atom. The van der Waals surface area contributed by atoms with Gasteiger partial charge < -0.3 is 24.4 Å². The normalized spacial score (nSPS) is 17.7. The number of amides is 2. The number of carbonyl (C=O) groups is 2. The summed E-state index contributed by atoms with van der Waals surface area (Å²) < 4.78 is 15.4. The first-order chi connectivity index (χ1) is 10.9. The van der Waals surface area contributed by atoms with Crippen LogP contribution < -0.4 is 14.8 Å². The fourth-order valence-corrected chi connectivity index (χ4v) is 2.50. The van der Waals surface area contributed by atoms with Gasteiger partial charge in [0.2, 0.25) is 0 Å². The minimum Gasteiger partial charge on any atom is -0.497 e. The number of benzene rings is 1. The molecule has 7 nitrogen and oxygen atoms in total. The van der Waals surface area contributed by atoms with Crippen LogP contribution in [0.15, 0.2) is 29.5 Å². The van der Waals surface area contributed by atoms with E-state index in [1.165, 1.54) is 19.1 Å². The molecule has 0 bridgehead atoms. The number of nitrogens with zero attached hydrogens (tertiary/aromatic N) is 1. The zero-order chi connectivity index (χ0) is 17.1. The van der Waals surface area contributed by atoms with Crippen molar-refractivity contribution in [3.05, 3.63) is 35.0 Å². The van der Waals surface area contributed by atoms with E-state index in [-0.39, 0.29) is 6.03 Å². The Balaban J connectivity index is 2.60. The van der Waals surface area contributed by atoms with E-state index >= 15 is 0 Å². The zero-order valence-corrected chi connectivity index (χ0v) is 13.8. The summed E-state index contributed by atoms with van der Waals surface area (Å²) in [6.07, 6.45) is 0. The van der Waals surface area contributed by atoms with Crippen molar-refractivity contribution >= 4 is 12.0 Å². The second-order valence-corrected chi connectivity index (χ2v) is 5.04. The van der Waals surface area contributed by atoms with E-state index in [2.05, 4.69) is 5.32 Å². The molecule has 0 aliphatic carbocycles. The Morgan fingerprint density at radius 3 is 2.48 bits per heavy atom. The zero-order valence-electron chi connectivity index (χ0n) is 13.8. The van der Waals surface area contributed by atoms with Crippen LogP contribution in [-0.4, -0.2) is 45.3 Å². The second kappa shape index (κ2) is 6.60. The highest BCUT2D eigenvalue weighted by Crippen LogP contribution is 2.37. The number of carbonyl (C=O) groups excluding carboxylic acids is 2. The summed E-state index contributed by atoms with van der Waals surface area (Å²) in [5, 5.41) is 2.80. The molecule has 0 aromatic heterocycles. The lowest BCUT2D eigenvalue weighted by Gasteiger charge is -2.33. The van der Waals surface area contributed by atoms with Gasteiger partial charge in [0.05, 0.1) is 32.9 Å². The van der Waals surface area contributed by atoms with E-state index in [0.29, 0.717) is 28.3 Å². The molecule has 1 aromatic rings. The van der Waals surface area contributed by atoms with Crippen LogP contribution in [0.25, 0.3) is 0 Å². The fraction of sp³-hybridized carbons (Fsp3) is 0.375. The van der Waals surface area contributed by atoms with E-state index in [1.807, 2.05) is 0 Å². The van der Waals surface area contributed by atoms with Crippen molar-refractivity contribution in [2.75, 3.05) is 28.4 Å². The standard InChI is InChI=1S/C16H20N2O5/c1-9-13(15(19)23-5)14(17-16(20)18(9)2)11-7-6-10(21-3)8-12(11)22-4/h6-8,14H,1-5H3,(H,17,20). The number of hydrogen-bond acceptors (Lipinski definition) is 5. The van der Waals surface area contributed by atoms with Crippen molar-refractivity contribution in [3.63, 3.8) is 0 Å². The number of nitrogens with one attached hydrogen (secondary N) is 1. The average molecular weight is 320 g/mol. The number of urea groups is 1. The third-order valence-electron chi connectivity index (χ3n) is 3.91. The summed E-state index contributed by atoms with van der Waals surface area (Å²) >= 11 is 0. The summed E-state index contributed by atoms with van der Waals surface area (Å²) in [5.74, 6) is 0.621. The summed E-state index contributed by atoms with van der Waals surface area (Å²) in [6.45, 7) is 1.70. The molecule has 0 fully saturated rings. The SMILES string of the molecule is COC(=O)C1=C(C)N(C)C(=O)NC1c1ccc(OC)cc1OC. The molecule has 1 atom stereocenters. The van der Waals surface area contributed by atoms with Gasteiger partial charge in [0.15, 0.2) is 0 Å². The molecule has 0 spiro atoms. The van der Waals surface area contributed by atoms with Crippen LogP contribution in [-0.2, 0) is 9.53 Å². The first kappa shape index (κ1) is 16.7. The van der Waals surface area contributed by atoms with E-state index in [1.54, 1.807) is 39.3 Å². The number of ether oxygens (including phenoxy) is 3. The number of hydrogen-bond donors (Lipinski definition) is 1. The third-order valence-corrected chi connectivity index (χ3v) is 3.91. The van der Waals surface area contributed by atoms with Gasteiger partial charge in [-0.05, 0) is 19.1 Å². The first-order valence-corrected chi connectivity index (χ1v) is 6.99. The maximum Gasteiger partial charge on any atom is 0.337 e. The fourth-order valence-electron chi connectivity index (χ4n) is 2.50. The van der Waals surface area contributed by atoms with Gasteiger partial charge in [-0.1, -0.05) is 0 Å². The van der Waals surface area contributed by atoms with Gasteiger partial charge in [0, 0.05) is 24.4 Å². The lowest BCUT2D eigenvalue weighted by molar-refractivity contribution is -0.136. The molecule has 0 radical (unpaired) electrons. The monoisotopic (exact) mass is 320 g/mol. The molecule has 124 valence electrons. The molecule has 1 N–H and O–H groups in total. The van der Waals surface area contributed by atoms with Crippen LogP contribution in [0.4, 0.5) is 4.79 Å². The summed E-state index contributed by atoms with van der Waals surface area (Å²) in [5.41, 5.74) is 1.54. The maximum absolute atomic E-state index is 12.2. The molecule has 1 aromatic carbocycles. The van der Waals surface area contributed by atoms with Crippen molar-refractivity contribution in [2.24, 2.45) is 0 Å². The van der Waals surface area contributed by atoms with E-state index in [4.69, 9.17) is 14.2 Å². The van der Waals surface area contributed by atoms with E-state index in [9.17, 15) is 9.59 Å². The Bertz CT molecular complexity index is 668. The minimum atomic E-state index is -0.660. The number of esters is 1. The largest absolute Gasteiger partial charge is 0.497 e. The van der Waals surface area contributed by atoms with Crippen molar-refractivity contribution in [3.8, 4) is 11.5 Å². The Hall–Kier alpha value is -2.70. The van der Waals surface area contributed by atoms with Crippen molar-refractivity contribution in [1.29, 1.82) is 0 Å². The number of rotatable bonds is 4. The molecular weight excluding hydrogens is 300 g/mol. The topological polar surface area (TPSA) is 77.1 Å². The smallest absolute Gasteiger partial charge is 0.337 e. The van der Waals surface area contributed by atoms with E-state index in [0.717, 1.165) is 0 Å². The van der Waals surface area contributed by atoms with Gasteiger partial charge in [-0.2, -0.15) is 0 Å². The molecule has 1 unspecified atom stereocenters. The van der Waals surface area contributed by atoms with Crippen molar-refractivity contribution < 1.29 is 23.8 Å². The van der Waals surface area contributed by atoms with Crippen LogP contribution in [0.3, 0.4) is 0 Å². The van der Waals surface area contributed by atoms with Crippen molar-refractivity contribution in [2.45, 2.75) is 13.0 Å². The van der Waals surface area contributed by atoms with Gasteiger partial charge >= 0.3 is 12.0 Å². The highest BCUT2D eigenvalue weighted by Gasteiger charge is 2.36. The predicted molar refractivity (Wildman–Crippen MR) is 83.3 cm³/mol. The summed E-state index contributed by atoms with van der Waals surface area (Å²) in [7, 11) is 5.97. The number of methoxy groups -OCH3 is 3. The molecule has 0 saturated heterocycles. The van der Waals surface area contributed by atoms with Gasteiger partial charge in [0.25, 0.3) is 0 Å². The van der Waals surface area contributed by atoms with Crippen LogP contribution in [0.2, 0.25) is 0 Å². The molecule has 23 heavy (non-hydrogen) atoms. The Labute approximate surface area is 134 Å². The molecule has 1 heterocycles. The van der Waals surface area contributed by atoms with Gasteiger partial charge in [0.1, 0.15) is 11.5 Å². The molecule has 1 aliphatic heterocycles. The quantitative estimate of drug-likeness (QED) is 0.857. The molecule has 0 saturated carbocycles. The highest BCUT2D eigenvalue weighted by atomic mass is 16.5. The van der Waals surface area contributed by atoms with Crippen LogP contribution in [0, 0.1) is 0 Å². The summed E-state index contributed by atoms with van der Waals surface area (Å²) in [6, 6.07) is 4.23. The minimum absolute atomic E-state index is 0.307. The lowest BCUT2D eigenvalue weighted by atomic mass is 9.94. The second-order valence-electron chi connectivity index (χ2n) is 5.04. The average Bonchev–Trinajstić information content (AvgIpc) is 2.58. The summed E-state index contributed by atoms with van der Waals surface area (Å²) in [4.78, 5) is 25.7. The van der Waals surface area contributed by atoms with Crippen LogP contribution >= 0.6 is 0 Å². The van der Waals surface area contributed by atoms with Gasteiger partial charge in [-0.3, -0.25) is 0 Å². The Kier molecular flexibility index (Phi) is 4.78. The molecule has 7 heteroatoms. The van der Waals surface area contributed by atoms with E-state index < -0.39 is 12.0 Å². The lowest BCUT2D eigenvalue weighted by Crippen LogP contribution is -2.46. The molecule has 2 rings (SSSR count). The van der Waals surface area contributed by atoms with Crippen molar-refractivity contribution in [1.82, 2.24) is 10.2 Å². The molecular formula is C16H20N2O5. The first-order valence-electron chi connectivity index (χ1n) is 6.99. The molecule has 2 amide bonds. The van der Waals surface area contributed by atoms with Crippen LogP contribution in [0.1, 0.15) is 18.5 Å². The Morgan fingerprint density at radius 1 is 1.22 bits per heavy atom. The van der Waals surface area contributed by atoms with Crippen LogP contribution in [0.5, 0.6) is 11.5 Å².